The van der Waals surface area contributed by atoms with Crippen LogP contribution in [0.25, 0.3) is 11.0 Å². The summed E-state index contributed by atoms with van der Waals surface area (Å²) in [5.41, 5.74) is 6.96. The number of carbonyl (C=O) groups excluding carboxylic acids is 1. The molecular formula is C18H15NO5. The van der Waals surface area contributed by atoms with Gasteiger partial charge in [-0.3, -0.25) is 0 Å². The van der Waals surface area contributed by atoms with E-state index in [1.165, 1.54) is 13.2 Å². The Morgan fingerprint density at radius 1 is 1.12 bits per heavy atom. The highest BCUT2D eigenvalue weighted by molar-refractivity contribution is 5.90. The topological polar surface area (TPSA) is 91.8 Å². The van der Waals surface area contributed by atoms with Crippen molar-refractivity contribution >= 4 is 22.6 Å². The minimum Gasteiger partial charge on any atom is -0.497 e. The highest BCUT2D eigenvalue weighted by Crippen LogP contribution is 2.23. The summed E-state index contributed by atoms with van der Waals surface area (Å²) in [4.78, 5) is 23.8. The summed E-state index contributed by atoms with van der Waals surface area (Å²) in [7, 11) is 1.53. The van der Waals surface area contributed by atoms with E-state index in [1.54, 1.807) is 42.5 Å². The van der Waals surface area contributed by atoms with Gasteiger partial charge in [0.15, 0.2) is 0 Å². The van der Waals surface area contributed by atoms with E-state index in [0.717, 1.165) is 0 Å². The molecular weight excluding hydrogens is 310 g/mol. The first-order valence-electron chi connectivity index (χ1n) is 7.20. The van der Waals surface area contributed by atoms with Gasteiger partial charge in [-0.2, -0.15) is 0 Å². The van der Waals surface area contributed by atoms with E-state index in [4.69, 9.17) is 19.6 Å². The normalized spacial score (nSPS) is 10.5. The van der Waals surface area contributed by atoms with Gasteiger partial charge in [-0.05, 0) is 36.4 Å². The quantitative estimate of drug-likeness (QED) is 0.450. The Bertz CT molecular complexity index is 944. The number of methoxy groups -OCH3 is 1. The summed E-state index contributed by atoms with van der Waals surface area (Å²) in [5.74, 6) is 0.0755. The minimum absolute atomic E-state index is 0.0440. The Balaban J connectivity index is 1.85. The molecule has 0 saturated heterocycles. The molecule has 1 aromatic heterocycles. The van der Waals surface area contributed by atoms with Gasteiger partial charge in [0.25, 0.3) is 0 Å². The van der Waals surface area contributed by atoms with Crippen LogP contribution in [0.5, 0.6) is 5.75 Å². The maximum absolute atomic E-state index is 12.1. The second kappa shape index (κ2) is 6.45. The van der Waals surface area contributed by atoms with Gasteiger partial charge in [-0.1, -0.05) is 0 Å². The Morgan fingerprint density at radius 2 is 1.88 bits per heavy atom. The molecule has 122 valence electrons. The highest BCUT2D eigenvalue weighted by Gasteiger charge is 2.11. The predicted octanol–water partition coefficient (Wildman–Crippen LogP) is 2.74. The van der Waals surface area contributed by atoms with E-state index in [2.05, 4.69) is 0 Å². The van der Waals surface area contributed by atoms with Crippen LogP contribution in [-0.2, 0) is 11.3 Å². The van der Waals surface area contributed by atoms with Crippen LogP contribution in [0.3, 0.4) is 0 Å². The number of carbonyl (C=O) groups is 1. The highest BCUT2D eigenvalue weighted by atomic mass is 16.5. The molecule has 0 atom stereocenters. The van der Waals surface area contributed by atoms with Gasteiger partial charge < -0.3 is 19.6 Å². The molecule has 6 nitrogen and oxygen atoms in total. The zero-order valence-corrected chi connectivity index (χ0v) is 12.9. The molecule has 0 unspecified atom stereocenters. The number of benzene rings is 2. The number of nitrogen functional groups attached to an aromatic ring is 1. The molecule has 0 saturated carbocycles. The van der Waals surface area contributed by atoms with E-state index in [1.807, 2.05) is 0 Å². The largest absolute Gasteiger partial charge is 0.497 e. The molecule has 0 radical (unpaired) electrons. The van der Waals surface area contributed by atoms with Crippen molar-refractivity contribution in [1.82, 2.24) is 0 Å². The summed E-state index contributed by atoms with van der Waals surface area (Å²) in [6, 6.07) is 12.8. The maximum atomic E-state index is 12.1. The van der Waals surface area contributed by atoms with Gasteiger partial charge >= 0.3 is 11.6 Å². The Kier molecular flexibility index (Phi) is 4.20. The van der Waals surface area contributed by atoms with Gasteiger partial charge in [-0.15, -0.1) is 0 Å². The second-order valence-corrected chi connectivity index (χ2v) is 5.15. The van der Waals surface area contributed by atoms with E-state index in [0.29, 0.717) is 33.5 Å². The van der Waals surface area contributed by atoms with Crippen LogP contribution in [0.15, 0.2) is 57.7 Å². The molecule has 0 fully saturated rings. The van der Waals surface area contributed by atoms with E-state index in [-0.39, 0.29) is 6.61 Å². The lowest BCUT2D eigenvalue weighted by molar-refractivity contribution is 0.0474. The smallest absolute Gasteiger partial charge is 0.338 e. The molecule has 24 heavy (non-hydrogen) atoms. The Morgan fingerprint density at radius 3 is 2.58 bits per heavy atom. The number of esters is 1. The summed E-state index contributed by atoms with van der Waals surface area (Å²) < 4.78 is 15.6. The monoisotopic (exact) mass is 325 g/mol. The first-order valence-corrected chi connectivity index (χ1v) is 7.20. The molecule has 0 aliphatic carbocycles. The van der Waals surface area contributed by atoms with E-state index >= 15 is 0 Å². The van der Waals surface area contributed by atoms with Crippen molar-refractivity contribution in [3.05, 3.63) is 70.1 Å². The molecule has 0 aliphatic rings. The molecule has 3 rings (SSSR count). The lowest BCUT2D eigenvalue weighted by Crippen LogP contribution is -2.08. The molecule has 0 amide bonds. The van der Waals surface area contributed by atoms with Crippen molar-refractivity contribution in [2.45, 2.75) is 6.61 Å². The van der Waals surface area contributed by atoms with Gasteiger partial charge in [-0.25, -0.2) is 9.59 Å². The number of hydrogen-bond donors (Lipinski definition) is 1. The van der Waals surface area contributed by atoms with Crippen LogP contribution in [0, 0.1) is 0 Å². The third-order valence-corrected chi connectivity index (χ3v) is 3.54. The third-order valence-electron chi connectivity index (χ3n) is 3.54. The van der Waals surface area contributed by atoms with Gasteiger partial charge in [0.05, 0.1) is 12.7 Å². The maximum Gasteiger partial charge on any atom is 0.338 e. The zero-order valence-electron chi connectivity index (χ0n) is 12.9. The number of nitrogens with two attached hydrogens (primary N) is 1. The molecule has 0 spiro atoms. The van der Waals surface area contributed by atoms with E-state index in [9.17, 15) is 9.59 Å². The molecule has 2 N–H and O–H groups in total. The van der Waals surface area contributed by atoms with E-state index < -0.39 is 11.6 Å². The second-order valence-electron chi connectivity index (χ2n) is 5.15. The number of anilines is 1. The molecule has 0 bridgehead atoms. The Labute approximate surface area is 137 Å². The summed E-state index contributed by atoms with van der Waals surface area (Å²) in [6.45, 7) is -0.0440. The lowest BCUT2D eigenvalue weighted by Gasteiger charge is -2.08. The number of ether oxygens (including phenoxy) is 2. The first-order chi connectivity index (χ1) is 11.6. The standard InChI is InChI=1S/C18H15NO5/c1-22-14-6-7-15-12(8-17(20)24-16(15)9-14)10-23-18(21)11-2-4-13(19)5-3-11/h2-9H,10,19H2,1H3. The average molecular weight is 325 g/mol. The molecule has 1 heterocycles. The van der Waals surface area contributed by atoms with Crippen LogP contribution < -0.4 is 16.1 Å². The van der Waals surface area contributed by atoms with Gasteiger partial charge in [0.2, 0.25) is 0 Å². The number of hydrogen-bond acceptors (Lipinski definition) is 6. The van der Waals surface area contributed by atoms with Crippen molar-refractivity contribution in [3.8, 4) is 5.75 Å². The molecule has 6 heteroatoms. The lowest BCUT2D eigenvalue weighted by atomic mass is 10.1. The van der Waals surface area contributed by atoms with Crippen molar-refractivity contribution < 1.29 is 18.7 Å². The summed E-state index contributed by atoms with van der Waals surface area (Å²) >= 11 is 0. The Hall–Kier alpha value is -3.28. The average Bonchev–Trinajstić information content (AvgIpc) is 2.59. The fourth-order valence-electron chi connectivity index (χ4n) is 2.30. The van der Waals surface area contributed by atoms with Crippen molar-refractivity contribution in [2.24, 2.45) is 0 Å². The van der Waals surface area contributed by atoms with Crippen molar-refractivity contribution in [3.63, 3.8) is 0 Å². The third kappa shape index (κ3) is 3.22. The van der Waals surface area contributed by atoms with Crippen LogP contribution in [-0.4, -0.2) is 13.1 Å². The first kappa shape index (κ1) is 15.6. The van der Waals surface area contributed by atoms with Crippen LogP contribution in [0.2, 0.25) is 0 Å². The number of fused-ring (bicyclic) bond motifs is 1. The zero-order chi connectivity index (χ0) is 17.1. The van der Waals surface area contributed by atoms with Crippen LogP contribution in [0.4, 0.5) is 5.69 Å². The molecule has 3 aromatic rings. The molecule has 2 aromatic carbocycles. The van der Waals surface area contributed by atoms with Crippen LogP contribution in [0.1, 0.15) is 15.9 Å². The minimum atomic E-state index is -0.519. The van der Waals surface area contributed by atoms with Crippen molar-refractivity contribution in [2.75, 3.05) is 12.8 Å². The molecule has 0 aliphatic heterocycles. The van der Waals surface area contributed by atoms with Crippen LogP contribution >= 0.6 is 0 Å². The number of rotatable bonds is 4. The summed E-state index contributed by atoms with van der Waals surface area (Å²) in [5, 5.41) is 0.681. The summed E-state index contributed by atoms with van der Waals surface area (Å²) in [6.07, 6.45) is 0. The predicted molar refractivity (Wildman–Crippen MR) is 89.0 cm³/mol. The fraction of sp³-hybridized carbons (Fsp3) is 0.111. The van der Waals surface area contributed by atoms with Gasteiger partial charge in [0.1, 0.15) is 17.9 Å². The fourth-order valence-corrected chi connectivity index (χ4v) is 2.30. The SMILES string of the molecule is COc1ccc2c(COC(=O)c3ccc(N)cc3)cc(=O)oc2c1. The van der Waals surface area contributed by atoms with Gasteiger partial charge in [0, 0.05) is 28.8 Å². The van der Waals surface area contributed by atoms with Crippen molar-refractivity contribution in [1.29, 1.82) is 0 Å².